The van der Waals surface area contributed by atoms with Gasteiger partial charge in [0.1, 0.15) is 0 Å². The summed E-state index contributed by atoms with van der Waals surface area (Å²) in [7, 11) is 0. The van der Waals surface area contributed by atoms with E-state index < -0.39 is 11.7 Å². The molecule has 5 nitrogen and oxygen atoms in total. The Bertz CT molecular complexity index is 658. The molecule has 2 aromatic carbocycles. The highest BCUT2D eigenvalue weighted by molar-refractivity contribution is 6.07. The number of para-hydroxylation sites is 1. The largest absolute Gasteiger partial charge is 0.504 e. The molecule has 0 fully saturated rings. The van der Waals surface area contributed by atoms with Crippen LogP contribution in [-0.2, 0) is 0 Å². The number of benzene rings is 2. The van der Waals surface area contributed by atoms with Gasteiger partial charge in [-0.25, -0.2) is 0 Å². The molecule has 20 heavy (non-hydrogen) atoms. The van der Waals surface area contributed by atoms with Gasteiger partial charge in [0.15, 0.2) is 11.5 Å². The summed E-state index contributed by atoms with van der Waals surface area (Å²) in [6, 6.07) is 7.75. The zero-order valence-corrected chi connectivity index (χ0v) is 11.3. The molecular formula is C15H16N2O3. The Morgan fingerprint density at radius 2 is 1.75 bits per heavy atom. The van der Waals surface area contributed by atoms with Gasteiger partial charge < -0.3 is 21.3 Å². The average molecular weight is 272 g/mol. The number of carbonyl (C=O) groups excluding carboxylic acids is 1. The van der Waals surface area contributed by atoms with Crippen LogP contribution in [0.1, 0.15) is 21.5 Å². The van der Waals surface area contributed by atoms with Crippen molar-refractivity contribution in [2.75, 3.05) is 11.1 Å². The average Bonchev–Trinajstić information content (AvgIpc) is 2.36. The minimum absolute atomic E-state index is 0.0145. The number of carbonyl (C=O) groups is 1. The van der Waals surface area contributed by atoms with E-state index in [1.165, 1.54) is 18.2 Å². The monoisotopic (exact) mass is 272 g/mol. The second-order valence-corrected chi connectivity index (χ2v) is 4.66. The quantitative estimate of drug-likeness (QED) is 0.499. The molecular weight excluding hydrogens is 256 g/mol. The number of phenolic OH excluding ortho intramolecular Hbond substituents is 2. The molecule has 2 rings (SSSR count). The van der Waals surface area contributed by atoms with Crippen molar-refractivity contribution in [3.05, 3.63) is 47.0 Å². The molecule has 0 aliphatic heterocycles. The fourth-order valence-corrected chi connectivity index (χ4v) is 2.09. The summed E-state index contributed by atoms with van der Waals surface area (Å²) in [5, 5.41) is 21.8. The van der Waals surface area contributed by atoms with E-state index in [1.54, 1.807) is 12.1 Å². The molecule has 0 saturated carbocycles. The van der Waals surface area contributed by atoms with Gasteiger partial charge in [-0.15, -0.1) is 0 Å². The number of aromatic hydroxyl groups is 2. The fraction of sp³-hybridized carbons (Fsp3) is 0.133. The SMILES string of the molecule is Cc1cc(N)cc(C)c1NC(=O)c1cccc(O)c1O. The van der Waals surface area contributed by atoms with E-state index in [9.17, 15) is 15.0 Å². The zero-order valence-electron chi connectivity index (χ0n) is 11.3. The van der Waals surface area contributed by atoms with Crippen LogP contribution in [0.2, 0.25) is 0 Å². The number of amides is 1. The summed E-state index contributed by atoms with van der Waals surface area (Å²) < 4.78 is 0. The Labute approximate surface area is 116 Å². The molecule has 0 radical (unpaired) electrons. The van der Waals surface area contributed by atoms with Crippen LogP contribution in [-0.4, -0.2) is 16.1 Å². The third-order valence-corrected chi connectivity index (χ3v) is 3.05. The lowest BCUT2D eigenvalue weighted by Gasteiger charge is -2.13. The first-order chi connectivity index (χ1) is 9.40. The van der Waals surface area contributed by atoms with Gasteiger partial charge in [0.2, 0.25) is 0 Å². The van der Waals surface area contributed by atoms with Crippen molar-refractivity contribution >= 4 is 17.3 Å². The number of phenols is 2. The normalized spacial score (nSPS) is 10.3. The minimum atomic E-state index is -0.491. The van der Waals surface area contributed by atoms with Gasteiger partial charge in [-0.2, -0.15) is 0 Å². The first kappa shape index (κ1) is 13.7. The molecule has 0 bridgehead atoms. The van der Waals surface area contributed by atoms with Crippen LogP contribution in [0.25, 0.3) is 0 Å². The predicted molar refractivity (Wildman–Crippen MR) is 78.1 cm³/mol. The van der Waals surface area contributed by atoms with E-state index in [1.807, 2.05) is 13.8 Å². The maximum atomic E-state index is 12.2. The van der Waals surface area contributed by atoms with Gasteiger partial charge in [0.25, 0.3) is 5.91 Å². The number of rotatable bonds is 2. The van der Waals surface area contributed by atoms with Crippen LogP contribution in [0.4, 0.5) is 11.4 Å². The van der Waals surface area contributed by atoms with Crippen LogP contribution >= 0.6 is 0 Å². The number of aryl methyl sites for hydroxylation is 2. The van der Waals surface area contributed by atoms with Gasteiger partial charge in [-0.05, 0) is 49.2 Å². The van der Waals surface area contributed by atoms with Crippen molar-refractivity contribution in [1.29, 1.82) is 0 Å². The van der Waals surface area contributed by atoms with Crippen molar-refractivity contribution in [1.82, 2.24) is 0 Å². The van der Waals surface area contributed by atoms with Crippen molar-refractivity contribution in [2.45, 2.75) is 13.8 Å². The second kappa shape index (κ2) is 5.13. The van der Waals surface area contributed by atoms with Crippen molar-refractivity contribution < 1.29 is 15.0 Å². The molecule has 0 aliphatic rings. The summed E-state index contributed by atoms with van der Waals surface area (Å²) in [6.07, 6.45) is 0. The minimum Gasteiger partial charge on any atom is -0.504 e. The molecule has 0 atom stereocenters. The fourth-order valence-electron chi connectivity index (χ4n) is 2.09. The first-order valence-electron chi connectivity index (χ1n) is 6.09. The number of nitrogens with one attached hydrogen (secondary N) is 1. The van der Waals surface area contributed by atoms with E-state index in [-0.39, 0.29) is 11.3 Å². The molecule has 5 N–H and O–H groups in total. The summed E-state index contributed by atoms with van der Waals surface area (Å²) in [5.74, 6) is -1.26. The van der Waals surface area contributed by atoms with Gasteiger partial charge in [-0.3, -0.25) is 4.79 Å². The highest BCUT2D eigenvalue weighted by atomic mass is 16.3. The topological polar surface area (TPSA) is 95.6 Å². The maximum Gasteiger partial charge on any atom is 0.259 e. The molecule has 1 amide bonds. The summed E-state index contributed by atoms with van der Waals surface area (Å²) >= 11 is 0. The molecule has 0 aliphatic carbocycles. The van der Waals surface area contributed by atoms with Crippen LogP contribution in [0.15, 0.2) is 30.3 Å². The van der Waals surface area contributed by atoms with Crippen LogP contribution < -0.4 is 11.1 Å². The van der Waals surface area contributed by atoms with Crippen molar-refractivity contribution in [3.63, 3.8) is 0 Å². The lowest BCUT2D eigenvalue weighted by Crippen LogP contribution is -2.14. The summed E-state index contributed by atoms with van der Waals surface area (Å²) in [5.41, 5.74) is 8.67. The first-order valence-corrected chi connectivity index (χ1v) is 6.09. The molecule has 0 unspecified atom stereocenters. The van der Waals surface area contributed by atoms with Gasteiger partial charge >= 0.3 is 0 Å². The third kappa shape index (κ3) is 2.51. The Kier molecular flexibility index (Phi) is 3.52. The molecule has 5 heteroatoms. The number of nitrogens with two attached hydrogens (primary N) is 1. The number of hydrogen-bond donors (Lipinski definition) is 4. The Hall–Kier alpha value is -2.69. The van der Waals surface area contributed by atoms with E-state index in [0.29, 0.717) is 11.4 Å². The molecule has 104 valence electrons. The number of anilines is 2. The van der Waals surface area contributed by atoms with E-state index in [0.717, 1.165) is 11.1 Å². The smallest absolute Gasteiger partial charge is 0.259 e. The van der Waals surface area contributed by atoms with Crippen LogP contribution in [0.3, 0.4) is 0 Å². The Morgan fingerprint density at radius 1 is 1.15 bits per heavy atom. The standard InChI is InChI=1S/C15H16N2O3/c1-8-6-10(16)7-9(2)13(8)17-15(20)11-4-3-5-12(18)14(11)19/h3-7,18-19H,16H2,1-2H3,(H,17,20). The molecule has 2 aromatic rings. The van der Waals surface area contributed by atoms with Crippen LogP contribution in [0.5, 0.6) is 11.5 Å². The Balaban J connectivity index is 2.36. The van der Waals surface area contributed by atoms with Crippen molar-refractivity contribution in [2.24, 2.45) is 0 Å². The van der Waals surface area contributed by atoms with Gasteiger partial charge in [-0.1, -0.05) is 6.07 Å². The lowest BCUT2D eigenvalue weighted by molar-refractivity contribution is 0.102. The second-order valence-electron chi connectivity index (χ2n) is 4.66. The van der Waals surface area contributed by atoms with Gasteiger partial charge in [0.05, 0.1) is 5.56 Å². The lowest BCUT2D eigenvalue weighted by atomic mass is 10.1. The molecule has 0 saturated heterocycles. The van der Waals surface area contributed by atoms with E-state index >= 15 is 0 Å². The van der Waals surface area contributed by atoms with Crippen molar-refractivity contribution in [3.8, 4) is 11.5 Å². The maximum absolute atomic E-state index is 12.2. The predicted octanol–water partition coefficient (Wildman–Crippen LogP) is 2.55. The highest BCUT2D eigenvalue weighted by Crippen LogP contribution is 2.30. The van der Waals surface area contributed by atoms with Gasteiger partial charge in [0, 0.05) is 11.4 Å². The van der Waals surface area contributed by atoms with E-state index in [4.69, 9.17) is 5.73 Å². The zero-order chi connectivity index (χ0) is 14.9. The number of hydrogen-bond acceptors (Lipinski definition) is 4. The third-order valence-electron chi connectivity index (χ3n) is 3.05. The molecule has 0 aromatic heterocycles. The summed E-state index contributed by atoms with van der Waals surface area (Å²) in [6.45, 7) is 3.67. The molecule has 0 heterocycles. The summed E-state index contributed by atoms with van der Waals surface area (Å²) in [4.78, 5) is 12.2. The Morgan fingerprint density at radius 3 is 2.35 bits per heavy atom. The molecule has 0 spiro atoms. The number of nitrogen functional groups attached to an aromatic ring is 1. The van der Waals surface area contributed by atoms with E-state index in [2.05, 4.69) is 5.32 Å². The van der Waals surface area contributed by atoms with Crippen LogP contribution in [0, 0.1) is 13.8 Å². The highest BCUT2D eigenvalue weighted by Gasteiger charge is 2.15.